The zero-order valence-electron chi connectivity index (χ0n) is 14.8. The lowest BCUT2D eigenvalue weighted by Crippen LogP contribution is -2.57. The van der Waals surface area contributed by atoms with Crippen LogP contribution in [0.25, 0.3) is 0 Å². The van der Waals surface area contributed by atoms with Crippen LogP contribution in [-0.2, 0) is 9.59 Å². The normalized spacial score (nSPS) is 20.0. The van der Waals surface area contributed by atoms with E-state index in [0.29, 0.717) is 19.0 Å². The maximum atomic E-state index is 12.5. The van der Waals surface area contributed by atoms with Crippen molar-refractivity contribution in [1.29, 1.82) is 5.26 Å². The van der Waals surface area contributed by atoms with E-state index in [-0.39, 0.29) is 18.9 Å². The van der Waals surface area contributed by atoms with E-state index in [9.17, 15) is 19.5 Å². The van der Waals surface area contributed by atoms with Crippen LogP contribution in [0.1, 0.15) is 46.0 Å². The first-order chi connectivity index (χ1) is 11.8. The van der Waals surface area contributed by atoms with Crippen LogP contribution in [0.3, 0.4) is 0 Å². The molecule has 2 amide bonds. The van der Waals surface area contributed by atoms with Gasteiger partial charge in [-0.2, -0.15) is 5.26 Å². The third kappa shape index (κ3) is 6.20. The molecule has 0 aromatic heterocycles. The van der Waals surface area contributed by atoms with Crippen LogP contribution in [0.2, 0.25) is 0 Å². The fraction of sp³-hybridized carbons (Fsp3) is 0.765. The molecular formula is C17H26N4O4. The third-order valence-corrected chi connectivity index (χ3v) is 4.74. The fourth-order valence-electron chi connectivity index (χ4n) is 3.16. The van der Waals surface area contributed by atoms with Crippen LogP contribution in [0.4, 0.5) is 4.79 Å². The molecule has 1 fully saturated rings. The summed E-state index contributed by atoms with van der Waals surface area (Å²) in [5.74, 6) is -0.525. The molecule has 2 atom stereocenters. The van der Waals surface area contributed by atoms with Crippen molar-refractivity contribution >= 4 is 18.1 Å². The molecule has 0 heterocycles. The minimum atomic E-state index is -1.39. The molecule has 0 radical (unpaired) electrons. The SMILES string of the molecule is CC(C)(C(=O)O)N(CCC#N)C(=O)NCC1CCCC(CN=C=O)C1. The van der Waals surface area contributed by atoms with Crippen molar-refractivity contribution in [3.63, 3.8) is 0 Å². The van der Waals surface area contributed by atoms with E-state index < -0.39 is 17.5 Å². The summed E-state index contributed by atoms with van der Waals surface area (Å²) in [6.07, 6.45) is 5.49. The standard InChI is InChI=1S/C17H26N4O4/c1-17(2,15(23)24)21(8-4-7-18)16(25)20-11-14-6-3-5-13(9-14)10-19-12-22/h13-14H,3-6,8-11H2,1-2H3,(H,20,25)(H,23,24). The van der Waals surface area contributed by atoms with Crippen molar-refractivity contribution in [2.45, 2.75) is 51.5 Å². The minimum absolute atomic E-state index is 0.0585. The number of nitrogens with zero attached hydrogens (tertiary/aromatic N) is 3. The maximum Gasteiger partial charge on any atom is 0.329 e. The molecule has 1 aliphatic carbocycles. The summed E-state index contributed by atoms with van der Waals surface area (Å²) in [4.78, 5) is 39.0. The average Bonchev–Trinajstić information content (AvgIpc) is 2.58. The summed E-state index contributed by atoms with van der Waals surface area (Å²) in [6, 6.07) is 1.46. The Morgan fingerprint density at radius 1 is 1.36 bits per heavy atom. The monoisotopic (exact) mass is 350 g/mol. The van der Waals surface area contributed by atoms with Gasteiger partial charge in [0.1, 0.15) is 5.54 Å². The van der Waals surface area contributed by atoms with Gasteiger partial charge in [-0.05, 0) is 44.9 Å². The number of carboxylic acids is 1. The zero-order chi connectivity index (χ0) is 18.9. The molecule has 1 rings (SSSR count). The highest BCUT2D eigenvalue weighted by atomic mass is 16.4. The summed E-state index contributed by atoms with van der Waals surface area (Å²) in [6.45, 7) is 3.86. The lowest BCUT2D eigenvalue weighted by atomic mass is 9.81. The Morgan fingerprint density at radius 3 is 2.64 bits per heavy atom. The van der Waals surface area contributed by atoms with Gasteiger partial charge in [-0.15, -0.1) is 0 Å². The fourth-order valence-corrected chi connectivity index (χ4v) is 3.16. The van der Waals surface area contributed by atoms with Crippen LogP contribution in [0.5, 0.6) is 0 Å². The van der Waals surface area contributed by atoms with Gasteiger partial charge in [0.25, 0.3) is 0 Å². The largest absolute Gasteiger partial charge is 0.480 e. The summed E-state index contributed by atoms with van der Waals surface area (Å²) >= 11 is 0. The molecule has 2 N–H and O–H groups in total. The molecule has 0 bridgehead atoms. The molecule has 1 aliphatic rings. The Kier molecular flexibility index (Phi) is 8.09. The highest BCUT2D eigenvalue weighted by Crippen LogP contribution is 2.29. The van der Waals surface area contributed by atoms with E-state index in [2.05, 4.69) is 10.3 Å². The minimum Gasteiger partial charge on any atom is -0.480 e. The van der Waals surface area contributed by atoms with Gasteiger partial charge in [-0.1, -0.05) is 6.42 Å². The molecule has 25 heavy (non-hydrogen) atoms. The summed E-state index contributed by atoms with van der Waals surface area (Å²) < 4.78 is 0. The van der Waals surface area contributed by atoms with Gasteiger partial charge in [-0.25, -0.2) is 19.4 Å². The van der Waals surface area contributed by atoms with E-state index in [1.165, 1.54) is 18.7 Å². The highest BCUT2D eigenvalue weighted by molar-refractivity contribution is 5.85. The maximum absolute atomic E-state index is 12.5. The molecular weight excluding hydrogens is 324 g/mol. The molecule has 138 valence electrons. The number of hydrogen-bond acceptors (Lipinski definition) is 5. The number of nitrogens with one attached hydrogen (secondary N) is 1. The molecule has 8 nitrogen and oxygen atoms in total. The number of aliphatic carboxylic acids is 1. The molecule has 0 spiro atoms. The van der Waals surface area contributed by atoms with Crippen molar-refractivity contribution in [3.05, 3.63) is 0 Å². The Labute approximate surface area is 147 Å². The number of rotatable bonds is 8. The van der Waals surface area contributed by atoms with Crippen molar-refractivity contribution in [3.8, 4) is 6.07 Å². The molecule has 0 aliphatic heterocycles. The second-order valence-electron chi connectivity index (χ2n) is 6.94. The predicted octanol–water partition coefficient (Wildman–Crippen LogP) is 1.92. The number of carbonyl (C=O) groups excluding carboxylic acids is 2. The number of aliphatic imine (C=N–C) groups is 1. The number of nitriles is 1. The van der Waals surface area contributed by atoms with E-state index in [4.69, 9.17) is 5.26 Å². The molecule has 8 heteroatoms. The first-order valence-corrected chi connectivity index (χ1v) is 8.52. The second kappa shape index (κ2) is 9.80. The average molecular weight is 350 g/mol. The lowest BCUT2D eigenvalue weighted by Gasteiger charge is -2.35. The Morgan fingerprint density at radius 2 is 2.04 bits per heavy atom. The summed E-state index contributed by atoms with van der Waals surface area (Å²) in [5, 5.41) is 20.9. The van der Waals surface area contributed by atoms with Crippen LogP contribution >= 0.6 is 0 Å². The number of amides is 2. The van der Waals surface area contributed by atoms with E-state index in [1.807, 2.05) is 6.07 Å². The quantitative estimate of drug-likeness (QED) is 0.511. The predicted molar refractivity (Wildman–Crippen MR) is 90.5 cm³/mol. The van der Waals surface area contributed by atoms with Crippen LogP contribution in [-0.4, -0.2) is 53.3 Å². The Bertz CT molecular complexity index is 563. The van der Waals surface area contributed by atoms with Gasteiger partial charge in [0.15, 0.2) is 0 Å². The smallest absolute Gasteiger partial charge is 0.329 e. The van der Waals surface area contributed by atoms with Crippen molar-refractivity contribution in [1.82, 2.24) is 10.2 Å². The van der Waals surface area contributed by atoms with E-state index in [1.54, 1.807) is 6.08 Å². The number of isocyanates is 1. The van der Waals surface area contributed by atoms with Crippen LogP contribution < -0.4 is 5.32 Å². The summed E-state index contributed by atoms with van der Waals surface area (Å²) in [7, 11) is 0. The third-order valence-electron chi connectivity index (χ3n) is 4.74. The summed E-state index contributed by atoms with van der Waals surface area (Å²) in [5.41, 5.74) is -1.39. The van der Waals surface area contributed by atoms with Gasteiger partial charge in [0, 0.05) is 13.1 Å². The van der Waals surface area contributed by atoms with Gasteiger partial charge in [0.2, 0.25) is 6.08 Å². The van der Waals surface area contributed by atoms with Crippen LogP contribution in [0, 0.1) is 23.2 Å². The first kappa shape index (κ1) is 20.7. The Hall–Kier alpha value is -2.39. The lowest BCUT2D eigenvalue weighted by molar-refractivity contribution is -0.147. The molecule has 2 unspecified atom stereocenters. The number of urea groups is 1. The number of hydrogen-bond donors (Lipinski definition) is 2. The van der Waals surface area contributed by atoms with Gasteiger partial charge < -0.3 is 15.3 Å². The highest BCUT2D eigenvalue weighted by Gasteiger charge is 2.37. The molecule has 0 aromatic carbocycles. The second-order valence-corrected chi connectivity index (χ2v) is 6.94. The van der Waals surface area contributed by atoms with Gasteiger partial charge in [0.05, 0.1) is 19.0 Å². The number of carboxylic acid groups (broad SMARTS) is 1. The van der Waals surface area contributed by atoms with Gasteiger partial charge in [-0.3, -0.25) is 0 Å². The van der Waals surface area contributed by atoms with E-state index in [0.717, 1.165) is 25.7 Å². The van der Waals surface area contributed by atoms with Crippen LogP contribution in [0.15, 0.2) is 4.99 Å². The topological polar surface area (TPSA) is 123 Å². The first-order valence-electron chi connectivity index (χ1n) is 8.52. The molecule has 0 saturated heterocycles. The Balaban J connectivity index is 2.63. The van der Waals surface area contributed by atoms with Crippen molar-refractivity contribution < 1.29 is 19.5 Å². The molecule has 0 aromatic rings. The van der Waals surface area contributed by atoms with E-state index >= 15 is 0 Å². The van der Waals surface area contributed by atoms with Crippen molar-refractivity contribution in [2.24, 2.45) is 16.8 Å². The van der Waals surface area contributed by atoms with Gasteiger partial charge >= 0.3 is 12.0 Å². The van der Waals surface area contributed by atoms with Crippen molar-refractivity contribution in [2.75, 3.05) is 19.6 Å². The zero-order valence-corrected chi connectivity index (χ0v) is 14.8. The molecule has 1 saturated carbocycles. The number of carbonyl (C=O) groups is 2.